The van der Waals surface area contributed by atoms with Gasteiger partial charge in [-0.1, -0.05) is 0 Å². The lowest BCUT2D eigenvalue weighted by molar-refractivity contribution is 0.168. The fourth-order valence-corrected chi connectivity index (χ4v) is 2.10. The van der Waals surface area contributed by atoms with Crippen molar-refractivity contribution in [1.29, 1.82) is 0 Å². The summed E-state index contributed by atoms with van der Waals surface area (Å²) >= 11 is 2.18. The van der Waals surface area contributed by atoms with Crippen LogP contribution in [0.1, 0.15) is 6.92 Å². The van der Waals surface area contributed by atoms with Crippen molar-refractivity contribution in [3.8, 4) is 0 Å². The number of ether oxygens (including phenoxy) is 1. The number of H-pyrrole nitrogens is 1. The second-order valence-electron chi connectivity index (χ2n) is 3.06. The quantitative estimate of drug-likeness (QED) is 0.832. The van der Waals surface area contributed by atoms with Crippen LogP contribution in [0.4, 0.5) is 10.6 Å². The van der Waals surface area contributed by atoms with Gasteiger partial charge < -0.3 is 9.72 Å². The van der Waals surface area contributed by atoms with Gasteiger partial charge in [0.05, 0.1) is 17.5 Å². The van der Waals surface area contributed by atoms with E-state index < -0.39 is 6.09 Å². The van der Waals surface area contributed by atoms with Crippen molar-refractivity contribution in [2.45, 2.75) is 6.92 Å². The summed E-state index contributed by atoms with van der Waals surface area (Å²) in [5.41, 5.74) is 0.936. The number of nitrogens with zero attached hydrogens (tertiary/aromatic N) is 1. The Bertz CT molecular complexity index is 524. The number of carbonyl (C=O) groups excluding carboxylic acids is 1. The number of aromatic amines is 1. The molecule has 0 aliphatic rings. The summed E-state index contributed by atoms with van der Waals surface area (Å²) in [5, 5.41) is 3.51. The maximum absolute atomic E-state index is 11.3. The van der Waals surface area contributed by atoms with E-state index in [0.29, 0.717) is 12.4 Å². The molecule has 0 radical (unpaired) electrons. The van der Waals surface area contributed by atoms with Gasteiger partial charge >= 0.3 is 6.09 Å². The van der Waals surface area contributed by atoms with Gasteiger partial charge in [0.2, 0.25) is 0 Å². The van der Waals surface area contributed by atoms with Gasteiger partial charge in [0.15, 0.2) is 0 Å². The van der Waals surface area contributed by atoms with E-state index in [2.05, 4.69) is 37.9 Å². The van der Waals surface area contributed by atoms with Crippen molar-refractivity contribution in [2.75, 3.05) is 11.9 Å². The van der Waals surface area contributed by atoms with Crippen LogP contribution in [0.5, 0.6) is 0 Å². The number of amides is 1. The fraction of sp³-hybridized carbons (Fsp3) is 0.200. The third kappa shape index (κ3) is 2.11. The van der Waals surface area contributed by atoms with Gasteiger partial charge in [-0.3, -0.25) is 5.32 Å². The van der Waals surface area contributed by atoms with Crippen LogP contribution < -0.4 is 5.32 Å². The summed E-state index contributed by atoms with van der Waals surface area (Å²) in [6.07, 6.45) is 3.01. The number of rotatable bonds is 2. The summed E-state index contributed by atoms with van der Waals surface area (Å²) < 4.78 is 5.82. The minimum Gasteiger partial charge on any atom is -0.450 e. The Labute approximate surface area is 106 Å². The number of hydrogen-bond acceptors (Lipinski definition) is 3. The maximum Gasteiger partial charge on any atom is 0.412 e. The zero-order chi connectivity index (χ0) is 11.5. The van der Waals surface area contributed by atoms with Crippen LogP contribution in [0.15, 0.2) is 18.5 Å². The number of nitrogens with one attached hydrogen (secondary N) is 2. The highest BCUT2D eigenvalue weighted by molar-refractivity contribution is 14.1. The Kier molecular flexibility index (Phi) is 3.28. The molecule has 0 saturated carbocycles. The molecule has 16 heavy (non-hydrogen) atoms. The van der Waals surface area contributed by atoms with E-state index >= 15 is 0 Å². The molecule has 0 aliphatic heterocycles. The lowest BCUT2D eigenvalue weighted by Gasteiger charge is -2.05. The molecule has 2 N–H and O–H groups in total. The molecule has 2 aromatic heterocycles. The second-order valence-corrected chi connectivity index (χ2v) is 4.23. The molecule has 84 valence electrons. The molecule has 0 aromatic carbocycles. The number of halogens is 1. The Morgan fingerprint density at radius 1 is 1.69 bits per heavy atom. The topological polar surface area (TPSA) is 67.0 Å². The van der Waals surface area contributed by atoms with E-state index in [-0.39, 0.29) is 0 Å². The Morgan fingerprint density at radius 2 is 2.50 bits per heavy atom. The van der Waals surface area contributed by atoms with E-state index in [1.165, 1.54) is 0 Å². The smallest absolute Gasteiger partial charge is 0.412 e. The van der Waals surface area contributed by atoms with Gasteiger partial charge in [-0.05, 0) is 35.6 Å². The van der Waals surface area contributed by atoms with Crippen molar-refractivity contribution in [3.63, 3.8) is 0 Å². The van der Waals surface area contributed by atoms with E-state index in [1.54, 1.807) is 13.1 Å². The number of carbonyl (C=O) groups is 1. The maximum atomic E-state index is 11.3. The molecule has 5 nitrogen and oxygen atoms in total. The molecule has 0 spiro atoms. The fourth-order valence-electron chi connectivity index (χ4n) is 1.40. The van der Waals surface area contributed by atoms with Crippen molar-refractivity contribution < 1.29 is 9.53 Å². The molecule has 0 unspecified atom stereocenters. The molecule has 6 heteroatoms. The first kappa shape index (κ1) is 11.2. The number of hydrogen-bond donors (Lipinski definition) is 2. The number of anilines is 1. The highest BCUT2D eigenvalue weighted by atomic mass is 127. The molecular weight excluding hydrogens is 321 g/mol. The van der Waals surface area contributed by atoms with Crippen molar-refractivity contribution in [1.82, 2.24) is 9.97 Å². The molecule has 0 atom stereocenters. The molecule has 2 rings (SSSR count). The number of pyridine rings is 1. The predicted molar refractivity (Wildman–Crippen MR) is 69.5 cm³/mol. The lowest BCUT2D eigenvalue weighted by Crippen LogP contribution is -2.14. The third-order valence-electron chi connectivity index (χ3n) is 2.04. The third-order valence-corrected chi connectivity index (χ3v) is 2.89. The first-order valence-electron chi connectivity index (χ1n) is 4.77. The van der Waals surface area contributed by atoms with E-state index in [4.69, 9.17) is 4.74 Å². The minimum atomic E-state index is -0.487. The van der Waals surface area contributed by atoms with Gasteiger partial charge in [0.1, 0.15) is 5.82 Å². The largest absolute Gasteiger partial charge is 0.450 e. The predicted octanol–water partition coefficient (Wildman–Crippen LogP) is 2.74. The van der Waals surface area contributed by atoms with Crippen LogP contribution in [-0.2, 0) is 4.74 Å². The Morgan fingerprint density at radius 3 is 3.25 bits per heavy atom. The second kappa shape index (κ2) is 4.69. The van der Waals surface area contributed by atoms with E-state index in [0.717, 1.165) is 14.5 Å². The van der Waals surface area contributed by atoms with Crippen molar-refractivity contribution in [2.24, 2.45) is 0 Å². The monoisotopic (exact) mass is 331 g/mol. The van der Waals surface area contributed by atoms with E-state index in [1.807, 2.05) is 12.3 Å². The summed E-state index contributed by atoms with van der Waals surface area (Å²) in [6, 6.07) is 1.85. The first-order chi connectivity index (χ1) is 7.72. The average molecular weight is 331 g/mol. The zero-order valence-corrected chi connectivity index (χ0v) is 10.7. The van der Waals surface area contributed by atoms with E-state index in [9.17, 15) is 4.79 Å². The van der Waals surface area contributed by atoms with Crippen LogP contribution >= 0.6 is 22.6 Å². The normalized spacial score (nSPS) is 10.4. The molecule has 0 saturated heterocycles. The minimum absolute atomic E-state index is 0.339. The average Bonchev–Trinajstić information content (AvgIpc) is 2.62. The van der Waals surface area contributed by atoms with Crippen LogP contribution in [0.3, 0.4) is 0 Å². The molecule has 2 heterocycles. The highest BCUT2D eigenvalue weighted by Gasteiger charge is 2.10. The first-order valence-corrected chi connectivity index (χ1v) is 5.85. The van der Waals surface area contributed by atoms with Crippen LogP contribution in [0.2, 0.25) is 0 Å². The Hall–Kier alpha value is -1.31. The molecular formula is C10H10IN3O2. The van der Waals surface area contributed by atoms with Gasteiger partial charge in [-0.2, -0.15) is 0 Å². The lowest BCUT2D eigenvalue weighted by atomic mass is 10.3. The van der Waals surface area contributed by atoms with Crippen molar-refractivity contribution >= 4 is 45.4 Å². The SMILES string of the molecule is CCOC(=O)Nc1nccc2[nH]cc(I)c12. The van der Waals surface area contributed by atoms with Gasteiger partial charge in [0.25, 0.3) is 0 Å². The highest BCUT2D eigenvalue weighted by Crippen LogP contribution is 2.25. The summed E-state index contributed by atoms with van der Waals surface area (Å²) in [5.74, 6) is 0.515. The Balaban J connectivity index is 2.36. The van der Waals surface area contributed by atoms with Gasteiger partial charge in [-0.25, -0.2) is 9.78 Å². The molecule has 0 aliphatic carbocycles. The number of aromatic nitrogens is 2. The van der Waals surface area contributed by atoms with Crippen LogP contribution in [-0.4, -0.2) is 22.7 Å². The standard InChI is InChI=1S/C10H10IN3O2/c1-2-16-10(15)14-9-8-6(11)5-13-7(8)3-4-12-9/h3-5,13H,2H2,1H3,(H,12,14,15). The summed E-state index contributed by atoms with van der Waals surface area (Å²) in [7, 11) is 0. The van der Waals surface area contributed by atoms with Crippen molar-refractivity contribution in [3.05, 3.63) is 22.0 Å². The van der Waals surface area contributed by atoms with Crippen LogP contribution in [0, 0.1) is 3.57 Å². The summed E-state index contributed by atoms with van der Waals surface area (Å²) in [4.78, 5) is 18.5. The number of fused-ring (bicyclic) bond motifs is 1. The molecule has 1 amide bonds. The molecule has 2 aromatic rings. The van der Waals surface area contributed by atoms with Crippen LogP contribution in [0.25, 0.3) is 10.9 Å². The zero-order valence-electron chi connectivity index (χ0n) is 8.58. The summed E-state index contributed by atoms with van der Waals surface area (Å²) in [6.45, 7) is 2.10. The molecule has 0 bridgehead atoms. The van der Waals surface area contributed by atoms with Gasteiger partial charge in [-0.15, -0.1) is 0 Å². The van der Waals surface area contributed by atoms with Gasteiger partial charge in [0, 0.05) is 16.0 Å². The molecule has 0 fully saturated rings.